The molecule has 1 aromatic heterocycles. The number of carbonyl (C=O) groups excluding carboxylic acids is 2. The fourth-order valence-electron chi connectivity index (χ4n) is 2.79. The van der Waals surface area contributed by atoms with E-state index in [2.05, 4.69) is 15.6 Å². The van der Waals surface area contributed by atoms with Gasteiger partial charge in [-0.3, -0.25) is 10.1 Å². The van der Waals surface area contributed by atoms with Crippen LogP contribution in [-0.2, 0) is 6.61 Å². The minimum Gasteiger partial charge on any atom is -0.496 e. The fraction of sp³-hybridized carbons (Fsp3) is 0.136. The smallest absolute Gasteiger partial charge is 0.326 e. The third kappa shape index (κ3) is 6.03. The summed E-state index contributed by atoms with van der Waals surface area (Å²) in [5.41, 5.74) is 1.26. The Morgan fingerprint density at radius 3 is 2.19 bits per heavy atom. The second-order valence-electron chi connectivity index (χ2n) is 6.40. The number of halogens is 2. The molecule has 0 bridgehead atoms. The maximum Gasteiger partial charge on any atom is 0.326 e. The molecule has 0 saturated carbocycles. The van der Waals surface area contributed by atoms with E-state index >= 15 is 0 Å². The van der Waals surface area contributed by atoms with Crippen LogP contribution in [0.4, 0.5) is 10.5 Å². The largest absolute Gasteiger partial charge is 0.496 e. The topological polar surface area (TPSA) is 98.8 Å². The Morgan fingerprint density at radius 1 is 0.969 bits per heavy atom. The van der Waals surface area contributed by atoms with Gasteiger partial charge in [0, 0.05) is 16.1 Å². The highest BCUT2D eigenvalue weighted by molar-refractivity contribution is 6.34. The Kier molecular flexibility index (Phi) is 7.75. The van der Waals surface area contributed by atoms with Gasteiger partial charge in [-0.15, -0.1) is 0 Å². The van der Waals surface area contributed by atoms with Crippen molar-refractivity contribution in [2.75, 3.05) is 19.5 Å². The standard InChI is InChI=1S/C22H19Cl2N3O5/c1-30-17-4-3-5-18(31-2)20(17)21(28)27-22(29)26-16-6-7-19(25-11-16)32-12-13-8-14(23)10-15(24)9-13/h3-11H,12H2,1-2H3,(H2,26,27,28,29). The van der Waals surface area contributed by atoms with Crippen molar-refractivity contribution in [1.82, 2.24) is 10.3 Å². The summed E-state index contributed by atoms with van der Waals surface area (Å²) >= 11 is 11.9. The lowest BCUT2D eigenvalue weighted by atomic mass is 10.1. The molecule has 2 N–H and O–H groups in total. The molecular formula is C22H19Cl2N3O5. The molecule has 3 rings (SSSR count). The fourth-order valence-corrected chi connectivity index (χ4v) is 3.37. The summed E-state index contributed by atoms with van der Waals surface area (Å²) in [5.74, 6) is 0.212. The first-order chi connectivity index (χ1) is 15.4. The normalized spacial score (nSPS) is 10.2. The van der Waals surface area contributed by atoms with Crippen molar-refractivity contribution < 1.29 is 23.8 Å². The van der Waals surface area contributed by atoms with Crippen LogP contribution in [0, 0.1) is 0 Å². The van der Waals surface area contributed by atoms with Gasteiger partial charge in [0.2, 0.25) is 5.88 Å². The number of amides is 3. The summed E-state index contributed by atoms with van der Waals surface area (Å²) in [6, 6.07) is 12.4. The van der Waals surface area contributed by atoms with Crippen molar-refractivity contribution in [2.45, 2.75) is 6.61 Å². The predicted molar refractivity (Wildman–Crippen MR) is 121 cm³/mol. The quantitative estimate of drug-likeness (QED) is 0.501. The van der Waals surface area contributed by atoms with Crippen LogP contribution in [-0.4, -0.2) is 31.1 Å². The molecule has 0 aliphatic carbocycles. The predicted octanol–water partition coefficient (Wildman–Crippen LogP) is 4.95. The Bertz CT molecular complexity index is 1080. The van der Waals surface area contributed by atoms with Crippen LogP contribution in [0.1, 0.15) is 15.9 Å². The number of aromatic nitrogens is 1. The second kappa shape index (κ2) is 10.7. The van der Waals surface area contributed by atoms with Crippen molar-refractivity contribution in [1.29, 1.82) is 0 Å². The van der Waals surface area contributed by atoms with Crippen LogP contribution in [0.25, 0.3) is 0 Å². The van der Waals surface area contributed by atoms with Crippen LogP contribution in [0.3, 0.4) is 0 Å². The first-order valence-electron chi connectivity index (χ1n) is 9.26. The number of hydrogen-bond donors (Lipinski definition) is 2. The van der Waals surface area contributed by atoms with Crippen LogP contribution < -0.4 is 24.8 Å². The van der Waals surface area contributed by atoms with E-state index in [1.807, 2.05) is 0 Å². The molecule has 3 aromatic rings. The Morgan fingerprint density at radius 2 is 1.62 bits per heavy atom. The lowest BCUT2D eigenvalue weighted by Gasteiger charge is -2.13. The molecule has 1 heterocycles. The third-order valence-electron chi connectivity index (χ3n) is 4.19. The van der Waals surface area contributed by atoms with Crippen molar-refractivity contribution in [2.24, 2.45) is 0 Å². The number of benzene rings is 2. The van der Waals surface area contributed by atoms with Crippen LogP contribution in [0.5, 0.6) is 17.4 Å². The summed E-state index contributed by atoms with van der Waals surface area (Å²) < 4.78 is 16.0. The summed E-state index contributed by atoms with van der Waals surface area (Å²) in [5, 5.41) is 5.78. The molecule has 0 unspecified atom stereocenters. The molecule has 166 valence electrons. The highest BCUT2D eigenvalue weighted by atomic mass is 35.5. The van der Waals surface area contributed by atoms with Gasteiger partial charge in [-0.2, -0.15) is 0 Å². The molecule has 0 aliphatic heterocycles. The first kappa shape index (κ1) is 23.2. The average Bonchev–Trinajstić information content (AvgIpc) is 2.77. The van der Waals surface area contributed by atoms with Gasteiger partial charge in [0.05, 0.1) is 26.1 Å². The van der Waals surface area contributed by atoms with Crippen molar-refractivity contribution in [3.8, 4) is 17.4 Å². The zero-order valence-electron chi connectivity index (χ0n) is 17.1. The molecule has 0 radical (unpaired) electrons. The van der Waals surface area contributed by atoms with Gasteiger partial charge >= 0.3 is 6.03 Å². The van der Waals surface area contributed by atoms with Gasteiger partial charge in [0.15, 0.2) is 0 Å². The second-order valence-corrected chi connectivity index (χ2v) is 7.27. The molecule has 0 aliphatic rings. The maximum absolute atomic E-state index is 12.5. The van der Waals surface area contributed by atoms with Crippen molar-refractivity contribution in [3.05, 3.63) is 75.9 Å². The molecule has 32 heavy (non-hydrogen) atoms. The number of urea groups is 1. The van der Waals surface area contributed by atoms with E-state index in [1.54, 1.807) is 48.5 Å². The molecule has 0 saturated heterocycles. The van der Waals surface area contributed by atoms with Crippen LogP contribution in [0.15, 0.2) is 54.7 Å². The number of hydrogen-bond acceptors (Lipinski definition) is 6. The summed E-state index contributed by atoms with van der Waals surface area (Å²) in [4.78, 5) is 28.9. The van der Waals surface area contributed by atoms with E-state index < -0.39 is 11.9 Å². The number of pyridine rings is 1. The van der Waals surface area contributed by atoms with E-state index in [4.69, 9.17) is 37.4 Å². The number of methoxy groups -OCH3 is 2. The monoisotopic (exact) mass is 475 g/mol. The minimum absolute atomic E-state index is 0.107. The average molecular weight is 476 g/mol. The molecule has 2 aromatic carbocycles. The van der Waals surface area contributed by atoms with Gasteiger partial charge in [-0.05, 0) is 42.0 Å². The SMILES string of the molecule is COc1cccc(OC)c1C(=O)NC(=O)Nc1ccc(OCc2cc(Cl)cc(Cl)c2)nc1. The maximum atomic E-state index is 12.5. The Balaban J connectivity index is 1.58. The Hall–Kier alpha value is -3.49. The summed E-state index contributed by atoms with van der Waals surface area (Å²) in [7, 11) is 2.84. The summed E-state index contributed by atoms with van der Waals surface area (Å²) in [6.45, 7) is 0.218. The summed E-state index contributed by atoms with van der Waals surface area (Å²) in [6.07, 6.45) is 1.40. The third-order valence-corrected chi connectivity index (χ3v) is 4.62. The Labute approximate surface area is 194 Å². The minimum atomic E-state index is -0.744. The number of rotatable bonds is 7. The lowest BCUT2D eigenvalue weighted by molar-refractivity contribution is 0.0961. The number of nitrogens with one attached hydrogen (secondary N) is 2. The first-order valence-corrected chi connectivity index (χ1v) is 10.0. The van der Waals surface area contributed by atoms with Gasteiger partial charge in [0.1, 0.15) is 23.7 Å². The van der Waals surface area contributed by atoms with E-state index in [0.717, 1.165) is 5.56 Å². The lowest BCUT2D eigenvalue weighted by Crippen LogP contribution is -2.34. The number of anilines is 1. The molecule has 3 amide bonds. The molecular weight excluding hydrogens is 457 g/mol. The number of ether oxygens (including phenoxy) is 3. The van der Waals surface area contributed by atoms with Gasteiger partial charge in [-0.1, -0.05) is 29.3 Å². The van der Waals surface area contributed by atoms with Crippen molar-refractivity contribution in [3.63, 3.8) is 0 Å². The molecule has 0 atom stereocenters. The highest BCUT2D eigenvalue weighted by Crippen LogP contribution is 2.28. The zero-order chi connectivity index (χ0) is 23.1. The highest BCUT2D eigenvalue weighted by Gasteiger charge is 2.20. The number of carbonyl (C=O) groups is 2. The van der Waals surface area contributed by atoms with Gasteiger partial charge < -0.3 is 19.5 Å². The van der Waals surface area contributed by atoms with E-state index in [9.17, 15) is 9.59 Å². The zero-order valence-corrected chi connectivity index (χ0v) is 18.7. The molecule has 0 spiro atoms. The van der Waals surface area contributed by atoms with Gasteiger partial charge in [-0.25, -0.2) is 9.78 Å². The van der Waals surface area contributed by atoms with E-state index in [1.165, 1.54) is 20.4 Å². The molecule has 8 nitrogen and oxygen atoms in total. The molecule has 10 heteroatoms. The van der Waals surface area contributed by atoms with Gasteiger partial charge in [0.25, 0.3) is 5.91 Å². The van der Waals surface area contributed by atoms with Crippen LogP contribution >= 0.6 is 23.2 Å². The van der Waals surface area contributed by atoms with Crippen LogP contribution in [0.2, 0.25) is 10.0 Å². The number of imide groups is 1. The van der Waals surface area contributed by atoms with Crippen molar-refractivity contribution >= 4 is 40.8 Å². The molecule has 0 fully saturated rings. The van der Waals surface area contributed by atoms with E-state index in [-0.39, 0.29) is 23.7 Å². The number of nitrogens with zero attached hydrogens (tertiary/aromatic N) is 1. The van der Waals surface area contributed by atoms with E-state index in [0.29, 0.717) is 21.6 Å².